The Kier molecular flexibility index (Phi) is 9.50. The molecule has 1 saturated carbocycles. The van der Waals surface area contributed by atoms with Gasteiger partial charge in [-0.3, -0.25) is 0 Å². The first kappa shape index (κ1) is 28.6. The van der Waals surface area contributed by atoms with Crippen molar-refractivity contribution in [1.29, 1.82) is 0 Å². The van der Waals surface area contributed by atoms with Gasteiger partial charge in [0.05, 0.1) is 13.2 Å². The molecule has 1 aliphatic carbocycles. The molecule has 5 heteroatoms. The van der Waals surface area contributed by atoms with Gasteiger partial charge < -0.3 is 19.9 Å². The van der Waals surface area contributed by atoms with Gasteiger partial charge in [0.25, 0.3) is 0 Å². The van der Waals surface area contributed by atoms with Crippen LogP contribution in [0.25, 0.3) is 0 Å². The number of esters is 1. The van der Waals surface area contributed by atoms with E-state index in [-0.39, 0.29) is 18.4 Å². The third kappa shape index (κ3) is 7.05. The Balaban J connectivity index is 1.50. The van der Waals surface area contributed by atoms with Crippen LogP contribution in [0.4, 0.5) is 0 Å². The Morgan fingerprint density at radius 1 is 0.829 bits per heavy atom. The Labute approximate surface area is 243 Å². The Bertz CT molecular complexity index is 1360. The van der Waals surface area contributed by atoms with Gasteiger partial charge in [0, 0.05) is 18.9 Å². The van der Waals surface area contributed by atoms with Crippen molar-refractivity contribution in [1.82, 2.24) is 5.32 Å². The number of methoxy groups -OCH3 is 1. The van der Waals surface area contributed by atoms with Gasteiger partial charge in [0.1, 0.15) is 11.9 Å². The first-order valence-corrected chi connectivity index (χ1v) is 14.5. The smallest absolute Gasteiger partial charge is 0.340 e. The molecule has 0 aromatic heterocycles. The van der Waals surface area contributed by atoms with Gasteiger partial charge in [0.15, 0.2) is 5.60 Å². The number of hydrogen-bond donors (Lipinski definition) is 2. The van der Waals surface area contributed by atoms with Crippen LogP contribution in [-0.4, -0.2) is 29.9 Å². The zero-order chi connectivity index (χ0) is 28.5. The zero-order valence-corrected chi connectivity index (χ0v) is 23.6. The van der Waals surface area contributed by atoms with Crippen LogP contribution in [0.1, 0.15) is 59.9 Å². The lowest BCUT2D eigenvalue weighted by atomic mass is 9.80. The van der Waals surface area contributed by atoms with E-state index in [1.54, 1.807) is 7.11 Å². The van der Waals surface area contributed by atoms with Crippen LogP contribution in [-0.2, 0) is 22.5 Å². The van der Waals surface area contributed by atoms with E-state index in [4.69, 9.17) is 9.47 Å². The molecule has 1 aliphatic rings. The summed E-state index contributed by atoms with van der Waals surface area (Å²) in [5, 5.41) is 16.1. The standard InChI is InChI=1S/C36H39NO4/c1-40-31-23-21-30(22-24-31)34(37-26-28-15-7-3-8-16-28)36(39,25-27-13-5-2-6-14-27)35(38)41-33-20-12-11-19-32(33)29-17-9-4-10-18-29/h2-10,13-18,21-24,32-34,37,39H,11-12,19-20,25-26H2,1H3/t32-,33+,34-,36+/m0/s1. The molecule has 5 rings (SSSR count). The molecule has 41 heavy (non-hydrogen) atoms. The number of carbonyl (C=O) groups is 1. The van der Waals surface area contributed by atoms with Crippen molar-refractivity contribution in [3.05, 3.63) is 138 Å². The molecular weight excluding hydrogens is 510 g/mol. The minimum atomic E-state index is -1.87. The highest BCUT2D eigenvalue weighted by Crippen LogP contribution is 2.38. The van der Waals surface area contributed by atoms with Crippen LogP contribution >= 0.6 is 0 Å². The summed E-state index contributed by atoms with van der Waals surface area (Å²) in [6.45, 7) is 0.470. The molecule has 4 aromatic carbocycles. The molecular formula is C36H39NO4. The molecule has 0 radical (unpaired) electrons. The van der Waals surface area contributed by atoms with Crippen molar-refractivity contribution in [2.24, 2.45) is 0 Å². The van der Waals surface area contributed by atoms with E-state index < -0.39 is 17.6 Å². The van der Waals surface area contributed by atoms with Gasteiger partial charge in [-0.1, -0.05) is 110 Å². The lowest BCUT2D eigenvalue weighted by Gasteiger charge is -2.39. The average Bonchev–Trinajstić information content (AvgIpc) is 3.03. The maximum Gasteiger partial charge on any atom is 0.340 e. The number of benzene rings is 4. The van der Waals surface area contributed by atoms with E-state index in [0.717, 1.165) is 42.4 Å². The fourth-order valence-electron chi connectivity index (χ4n) is 5.93. The molecule has 4 atom stereocenters. The van der Waals surface area contributed by atoms with Crippen molar-refractivity contribution < 1.29 is 19.4 Å². The molecule has 5 nitrogen and oxygen atoms in total. The van der Waals surface area contributed by atoms with Crippen molar-refractivity contribution in [2.75, 3.05) is 7.11 Å². The molecule has 0 aliphatic heterocycles. The summed E-state index contributed by atoms with van der Waals surface area (Å²) in [5.41, 5.74) is 1.99. The largest absolute Gasteiger partial charge is 0.497 e. The number of carbonyl (C=O) groups excluding carboxylic acids is 1. The molecule has 0 heterocycles. The van der Waals surface area contributed by atoms with Crippen LogP contribution in [0, 0.1) is 0 Å². The van der Waals surface area contributed by atoms with Gasteiger partial charge in [-0.2, -0.15) is 0 Å². The first-order valence-electron chi connectivity index (χ1n) is 14.5. The summed E-state index contributed by atoms with van der Waals surface area (Å²) in [6.07, 6.45) is 3.62. The van der Waals surface area contributed by atoms with Gasteiger partial charge in [-0.05, 0) is 53.6 Å². The SMILES string of the molecule is COc1ccc([C@H](NCc2ccccc2)[C@](O)(Cc2ccccc2)C(=O)O[C@@H]2CCCC[C@H]2c2ccccc2)cc1. The van der Waals surface area contributed by atoms with Crippen molar-refractivity contribution in [3.63, 3.8) is 0 Å². The minimum absolute atomic E-state index is 0.103. The Morgan fingerprint density at radius 2 is 1.41 bits per heavy atom. The predicted molar refractivity (Wildman–Crippen MR) is 162 cm³/mol. The molecule has 4 aromatic rings. The van der Waals surface area contributed by atoms with Gasteiger partial charge in [0.2, 0.25) is 0 Å². The number of hydrogen-bond acceptors (Lipinski definition) is 5. The van der Waals surface area contributed by atoms with E-state index in [1.807, 2.05) is 103 Å². The minimum Gasteiger partial charge on any atom is -0.497 e. The van der Waals surface area contributed by atoms with Crippen molar-refractivity contribution >= 4 is 5.97 Å². The molecule has 0 amide bonds. The topological polar surface area (TPSA) is 67.8 Å². The fraction of sp³-hybridized carbons (Fsp3) is 0.306. The number of aliphatic hydroxyl groups is 1. The van der Waals surface area contributed by atoms with Crippen LogP contribution < -0.4 is 10.1 Å². The quantitative estimate of drug-likeness (QED) is 0.202. The lowest BCUT2D eigenvalue weighted by molar-refractivity contribution is -0.177. The van der Waals surface area contributed by atoms with E-state index >= 15 is 0 Å². The molecule has 0 saturated heterocycles. The number of nitrogens with one attached hydrogen (secondary N) is 1. The Morgan fingerprint density at radius 3 is 2.05 bits per heavy atom. The molecule has 1 fully saturated rings. The number of ether oxygens (including phenoxy) is 2. The monoisotopic (exact) mass is 549 g/mol. The van der Waals surface area contributed by atoms with Gasteiger partial charge in [-0.15, -0.1) is 0 Å². The highest BCUT2D eigenvalue weighted by atomic mass is 16.6. The van der Waals surface area contributed by atoms with Crippen LogP contribution in [0.5, 0.6) is 5.75 Å². The summed E-state index contributed by atoms with van der Waals surface area (Å²) in [7, 11) is 1.62. The number of rotatable bonds is 11. The predicted octanol–water partition coefficient (Wildman–Crippen LogP) is 6.77. The van der Waals surface area contributed by atoms with E-state index in [0.29, 0.717) is 12.3 Å². The van der Waals surface area contributed by atoms with E-state index in [9.17, 15) is 9.90 Å². The molecule has 0 unspecified atom stereocenters. The first-order chi connectivity index (χ1) is 20.1. The summed E-state index contributed by atoms with van der Waals surface area (Å²) in [4.78, 5) is 14.3. The molecule has 0 spiro atoms. The second-order valence-electron chi connectivity index (χ2n) is 10.9. The van der Waals surface area contributed by atoms with Gasteiger partial charge >= 0.3 is 5.97 Å². The summed E-state index contributed by atoms with van der Waals surface area (Å²) < 4.78 is 11.7. The van der Waals surface area contributed by atoms with E-state index in [2.05, 4.69) is 17.4 Å². The molecule has 0 bridgehead atoms. The molecule has 2 N–H and O–H groups in total. The van der Waals surface area contributed by atoms with Gasteiger partial charge in [-0.25, -0.2) is 4.79 Å². The van der Waals surface area contributed by atoms with Crippen LogP contribution in [0.15, 0.2) is 115 Å². The second-order valence-corrected chi connectivity index (χ2v) is 10.9. The summed E-state index contributed by atoms with van der Waals surface area (Å²) in [5.74, 6) is 0.208. The van der Waals surface area contributed by atoms with Crippen molar-refractivity contribution in [2.45, 2.75) is 62.3 Å². The highest BCUT2D eigenvalue weighted by Gasteiger charge is 2.48. The van der Waals surface area contributed by atoms with Crippen molar-refractivity contribution in [3.8, 4) is 5.75 Å². The highest BCUT2D eigenvalue weighted by molar-refractivity contribution is 5.81. The van der Waals surface area contributed by atoms with Crippen LogP contribution in [0.2, 0.25) is 0 Å². The summed E-state index contributed by atoms with van der Waals surface area (Å²) >= 11 is 0. The normalized spacial score (nSPS) is 19.1. The third-order valence-corrected chi connectivity index (χ3v) is 8.14. The average molecular weight is 550 g/mol. The second kappa shape index (κ2) is 13.6. The van der Waals surface area contributed by atoms with E-state index in [1.165, 1.54) is 5.56 Å². The maximum absolute atomic E-state index is 14.3. The lowest BCUT2D eigenvalue weighted by Crippen LogP contribution is -2.53. The van der Waals surface area contributed by atoms with Crippen LogP contribution in [0.3, 0.4) is 0 Å². The fourth-order valence-corrected chi connectivity index (χ4v) is 5.93. The third-order valence-electron chi connectivity index (χ3n) is 8.14. The maximum atomic E-state index is 14.3. The summed E-state index contributed by atoms with van der Waals surface area (Å²) in [6, 6.07) is 36.7. The Hall–Kier alpha value is -3.93. The molecule has 212 valence electrons. The zero-order valence-electron chi connectivity index (χ0n) is 23.6.